The molecule has 0 spiro atoms. The van der Waals surface area contributed by atoms with E-state index < -0.39 is 5.97 Å². The van der Waals surface area contributed by atoms with Crippen LogP contribution < -0.4 is 5.56 Å². The summed E-state index contributed by atoms with van der Waals surface area (Å²) in [5.74, 6) is -0.468. The predicted octanol–water partition coefficient (Wildman–Crippen LogP) is 0.649. The van der Waals surface area contributed by atoms with Gasteiger partial charge in [-0.1, -0.05) is 12.1 Å². The Labute approximate surface area is 97.7 Å². The Hall–Kier alpha value is -2.17. The van der Waals surface area contributed by atoms with Crippen LogP contribution in [0.5, 0.6) is 0 Å². The number of hydrogen-bond acceptors (Lipinski definition) is 4. The fraction of sp³-hybridized carbons (Fsp3) is 0.250. The SMILES string of the molecule is COC(=O)Cc1nc2ccccc2n(C)c1=O. The van der Waals surface area contributed by atoms with Gasteiger partial charge in [0.05, 0.1) is 24.6 Å². The molecule has 1 aromatic carbocycles. The second-order valence-electron chi connectivity index (χ2n) is 3.66. The highest BCUT2D eigenvalue weighted by Gasteiger charge is 2.12. The highest BCUT2D eigenvalue weighted by molar-refractivity contribution is 5.76. The van der Waals surface area contributed by atoms with Crippen LogP contribution >= 0.6 is 0 Å². The van der Waals surface area contributed by atoms with Crippen molar-refractivity contribution in [3.63, 3.8) is 0 Å². The minimum absolute atomic E-state index is 0.103. The summed E-state index contributed by atoms with van der Waals surface area (Å²) in [6.45, 7) is 0. The number of methoxy groups -OCH3 is 1. The Bertz CT molecular complexity index is 631. The lowest BCUT2D eigenvalue weighted by atomic mass is 10.2. The van der Waals surface area contributed by atoms with E-state index in [9.17, 15) is 9.59 Å². The summed E-state index contributed by atoms with van der Waals surface area (Å²) < 4.78 is 6.02. The molecule has 0 saturated heterocycles. The Morgan fingerprint density at radius 3 is 2.82 bits per heavy atom. The zero-order valence-electron chi connectivity index (χ0n) is 9.64. The summed E-state index contributed by atoms with van der Waals surface area (Å²) in [4.78, 5) is 27.3. The largest absolute Gasteiger partial charge is 0.469 e. The van der Waals surface area contributed by atoms with E-state index in [1.165, 1.54) is 11.7 Å². The van der Waals surface area contributed by atoms with Gasteiger partial charge in [-0.2, -0.15) is 0 Å². The summed E-state index contributed by atoms with van der Waals surface area (Å²) in [5, 5.41) is 0. The first kappa shape index (κ1) is 11.3. The molecule has 0 saturated carbocycles. The van der Waals surface area contributed by atoms with Crippen molar-refractivity contribution in [3.8, 4) is 0 Å². The summed E-state index contributed by atoms with van der Waals surface area (Å²) >= 11 is 0. The molecule has 2 rings (SSSR count). The maximum atomic E-state index is 11.9. The van der Waals surface area contributed by atoms with Crippen LogP contribution in [-0.2, 0) is 23.0 Å². The third-order valence-electron chi connectivity index (χ3n) is 2.59. The number of para-hydroxylation sites is 2. The van der Waals surface area contributed by atoms with E-state index in [1.807, 2.05) is 18.2 Å². The van der Waals surface area contributed by atoms with Crippen LogP contribution in [0.15, 0.2) is 29.1 Å². The number of fused-ring (bicyclic) bond motifs is 1. The number of aryl methyl sites for hydroxylation is 1. The lowest BCUT2D eigenvalue weighted by Gasteiger charge is -2.06. The Morgan fingerprint density at radius 2 is 2.12 bits per heavy atom. The van der Waals surface area contributed by atoms with Crippen molar-refractivity contribution in [2.24, 2.45) is 7.05 Å². The molecule has 0 N–H and O–H groups in total. The van der Waals surface area contributed by atoms with Crippen molar-refractivity contribution in [1.29, 1.82) is 0 Å². The molecule has 0 aliphatic rings. The van der Waals surface area contributed by atoms with Gasteiger partial charge in [0.15, 0.2) is 0 Å². The fourth-order valence-corrected chi connectivity index (χ4v) is 1.66. The predicted molar refractivity (Wildman–Crippen MR) is 62.7 cm³/mol. The number of esters is 1. The Kier molecular flexibility index (Phi) is 2.91. The molecule has 0 amide bonds. The number of carbonyl (C=O) groups is 1. The molecule has 0 bridgehead atoms. The molecular formula is C12H12N2O3. The van der Waals surface area contributed by atoms with Gasteiger partial charge in [0, 0.05) is 7.05 Å². The second kappa shape index (κ2) is 4.37. The summed E-state index contributed by atoms with van der Waals surface area (Å²) in [7, 11) is 2.95. The van der Waals surface area contributed by atoms with Crippen LogP contribution in [0.1, 0.15) is 5.69 Å². The first-order chi connectivity index (χ1) is 8.13. The first-order valence-corrected chi connectivity index (χ1v) is 5.15. The number of hydrogen-bond donors (Lipinski definition) is 0. The van der Waals surface area contributed by atoms with E-state index in [4.69, 9.17) is 0 Å². The molecule has 1 aromatic heterocycles. The highest BCUT2D eigenvalue weighted by Crippen LogP contribution is 2.08. The molecule has 0 atom stereocenters. The Morgan fingerprint density at radius 1 is 1.41 bits per heavy atom. The van der Waals surface area contributed by atoms with Gasteiger partial charge in [-0.05, 0) is 12.1 Å². The molecule has 17 heavy (non-hydrogen) atoms. The van der Waals surface area contributed by atoms with Crippen molar-refractivity contribution < 1.29 is 9.53 Å². The van der Waals surface area contributed by atoms with E-state index in [0.29, 0.717) is 5.52 Å². The third kappa shape index (κ3) is 2.04. The first-order valence-electron chi connectivity index (χ1n) is 5.15. The number of ether oxygens (including phenoxy) is 1. The van der Waals surface area contributed by atoms with Gasteiger partial charge in [-0.15, -0.1) is 0 Å². The van der Waals surface area contributed by atoms with Crippen LogP contribution in [0.2, 0.25) is 0 Å². The van der Waals surface area contributed by atoms with E-state index in [0.717, 1.165) is 5.52 Å². The van der Waals surface area contributed by atoms with Gasteiger partial charge in [0.2, 0.25) is 0 Å². The maximum absolute atomic E-state index is 11.9. The van der Waals surface area contributed by atoms with Crippen LogP contribution in [0.4, 0.5) is 0 Å². The van der Waals surface area contributed by atoms with Crippen molar-refractivity contribution in [1.82, 2.24) is 9.55 Å². The zero-order valence-corrected chi connectivity index (χ0v) is 9.64. The number of carbonyl (C=O) groups excluding carboxylic acids is 1. The normalized spacial score (nSPS) is 10.5. The molecule has 2 aromatic rings. The topological polar surface area (TPSA) is 61.2 Å². The highest BCUT2D eigenvalue weighted by atomic mass is 16.5. The van der Waals surface area contributed by atoms with E-state index >= 15 is 0 Å². The van der Waals surface area contributed by atoms with Gasteiger partial charge in [-0.3, -0.25) is 9.59 Å². The molecule has 0 unspecified atom stereocenters. The van der Waals surface area contributed by atoms with Crippen molar-refractivity contribution in [3.05, 3.63) is 40.3 Å². The van der Waals surface area contributed by atoms with E-state index in [1.54, 1.807) is 13.1 Å². The van der Waals surface area contributed by atoms with Gasteiger partial charge >= 0.3 is 5.97 Å². The number of rotatable bonds is 2. The third-order valence-corrected chi connectivity index (χ3v) is 2.59. The zero-order chi connectivity index (χ0) is 12.4. The average Bonchev–Trinajstić information content (AvgIpc) is 2.35. The van der Waals surface area contributed by atoms with Gasteiger partial charge in [0.25, 0.3) is 5.56 Å². The van der Waals surface area contributed by atoms with Gasteiger partial charge in [-0.25, -0.2) is 4.98 Å². The van der Waals surface area contributed by atoms with Crippen molar-refractivity contribution >= 4 is 17.0 Å². The molecule has 5 heteroatoms. The van der Waals surface area contributed by atoms with Crippen LogP contribution in [0.3, 0.4) is 0 Å². The maximum Gasteiger partial charge on any atom is 0.311 e. The number of nitrogens with zero attached hydrogens (tertiary/aromatic N) is 2. The fourth-order valence-electron chi connectivity index (χ4n) is 1.66. The van der Waals surface area contributed by atoms with Crippen LogP contribution in [-0.4, -0.2) is 22.6 Å². The molecule has 0 radical (unpaired) electrons. The minimum atomic E-state index is -0.468. The molecule has 0 aliphatic carbocycles. The van der Waals surface area contributed by atoms with Crippen molar-refractivity contribution in [2.75, 3.05) is 7.11 Å². The number of aromatic nitrogens is 2. The molecular weight excluding hydrogens is 220 g/mol. The second-order valence-corrected chi connectivity index (χ2v) is 3.66. The summed E-state index contributed by atoms with van der Waals surface area (Å²) in [5.41, 5.74) is 1.37. The number of benzene rings is 1. The minimum Gasteiger partial charge on any atom is -0.469 e. The summed E-state index contributed by atoms with van der Waals surface area (Å²) in [6, 6.07) is 7.28. The lowest BCUT2D eigenvalue weighted by Crippen LogP contribution is -2.25. The van der Waals surface area contributed by atoms with Crippen LogP contribution in [0.25, 0.3) is 11.0 Å². The van der Waals surface area contributed by atoms with Gasteiger partial charge in [0.1, 0.15) is 5.69 Å². The Balaban J connectivity index is 2.62. The quantitative estimate of drug-likeness (QED) is 0.713. The molecule has 5 nitrogen and oxygen atoms in total. The van der Waals surface area contributed by atoms with E-state index in [2.05, 4.69) is 9.72 Å². The van der Waals surface area contributed by atoms with Gasteiger partial charge < -0.3 is 9.30 Å². The molecule has 88 valence electrons. The molecule has 0 aliphatic heterocycles. The van der Waals surface area contributed by atoms with Crippen LogP contribution in [0, 0.1) is 0 Å². The smallest absolute Gasteiger partial charge is 0.311 e. The lowest BCUT2D eigenvalue weighted by molar-refractivity contribution is -0.139. The van der Waals surface area contributed by atoms with Crippen molar-refractivity contribution in [2.45, 2.75) is 6.42 Å². The summed E-state index contributed by atoms with van der Waals surface area (Å²) in [6.07, 6.45) is -0.103. The monoisotopic (exact) mass is 232 g/mol. The average molecular weight is 232 g/mol. The molecule has 1 heterocycles. The standard InChI is InChI=1S/C12H12N2O3/c1-14-10-6-4-3-5-8(10)13-9(12(14)16)7-11(15)17-2/h3-6H,7H2,1-2H3. The molecule has 0 fully saturated rings. The van der Waals surface area contributed by atoms with E-state index in [-0.39, 0.29) is 17.7 Å².